The lowest BCUT2D eigenvalue weighted by Crippen LogP contribution is -2.37. The minimum absolute atomic E-state index is 0.272. The predicted molar refractivity (Wildman–Crippen MR) is 51.2 cm³/mol. The summed E-state index contributed by atoms with van der Waals surface area (Å²) >= 11 is 0. The maximum absolute atomic E-state index is 11.5. The van der Waals surface area contributed by atoms with Crippen LogP contribution in [0, 0.1) is 11.8 Å². The zero-order chi connectivity index (χ0) is 9.71. The van der Waals surface area contributed by atoms with E-state index in [0.717, 1.165) is 24.7 Å². The van der Waals surface area contributed by atoms with Gasteiger partial charge in [0.25, 0.3) is 0 Å². The molecule has 0 radical (unpaired) electrons. The van der Waals surface area contributed by atoms with E-state index in [-0.39, 0.29) is 6.04 Å². The number of aromatic nitrogens is 2. The van der Waals surface area contributed by atoms with Crippen molar-refractivity contribution < 1.29 is 0 Å². The van der Waals surface area contributed by atoms with Gasteiger partial charge < -0.3 is 9.55 Å². The number of H-pyrrole nitrogens is 1. The van der Waals surface area contributed by atoms with Crippen molar-refractivity contribution in [3.05, 3.63) is 33.1 Å². The Hall–Kier alpha value is -1.32. The normalized spacial score (nSPS) is 34.1. The molecule has 0 aromatic carbocycles. The molecule has 1 N–H and O–H groups in total. The molecule has 4 heteroatoms. The van der Waals surface area contributed by atoms with Gasteiger partial charge in [0.15, 0.2) is 0 Å². The molecule has 1 unspecified atom stereocenters. The topological polar surface area (TPSA) is 54.9 Å². The van der Waals surface area contributed by atoms with Crippen molar-refractivity contribution in [2.24, 2.45) is 11.8 Å². The molecule has 4 nitrogen and oxygen atoms in total. The highest BCUT2D eigenvalue weighted by atomic mass is 16.2. The summed E-state index contributed by atoms with van der Waals surface area (Å²) in [5.74, 6) is 1.65. The third kappa shape index (κ3) is 1.06. The van der Waals surface area contributed by atoms with Crippen LogP contribution in [-0.4, -0.2) is 9.55 Å². The molecule has 74 valence electrons. The highest BCUT2D eigenvalue weighted by molar-refractivity contribution is 5.00. The quantitative estimate of drug-likeness (QED) is 0.659. The molecule has 0 amide bonds. The summed E-state index contributed by atoms with van der Waals surface area (Å²) in [6.45, 7) is 0. The molecule has 0 saturated heterocycles. The second-order valence-electron chi connectivity index (χ2n) is 4.38. The van der Waals surface area contributed by atoms with E-state index >= 15 is 0 Å². The number of nitrogens with zero attached hydrogens (tertiary/aromatic N) is 1. The van der Waals surface area contributed by atoms with E-state index in [1.54, 1.807) is 17.0 Å². The molecular weight excluding hydrogens is 180 g/mol. The number of fused-ring (bicyclic) bond motifs is 1. The van der Waals surface area contributed by atoms with Crippen molar-refractivity contribution in [1.29, 1.82) is 0 Å². The first-order valence-electron chi connectivity index (χ1n) is 5.05. The monoisotopic (exact) mass is 192 g/mol. The van der Waals surface area contributed by atoms with E-state index < -0.39 is 11.1 Å². The van der Waals surface area contributed by atoms with Gasteiger partial charge in [-0.1, -0.05) is 0 Å². The molecule has 1 aromatic rings. The highest BCUT2D eigenvalue weighted by Crippen LogP contribution is 2.55. The van der Waals surface area contributed by atoms with Gasteiger partial charge in [-0.2, -0.15) is 0 Å². The maximum atomic E-state index is 11.5. The van der Waals surface area contributed by atoms with E-state index in [9.17, 15) is 9.59 Å². The van der Waals surface area contributed by atoms with Crippen LogP contribution in [0.5, 0.6) is 0 Å². The Labute approximate surface area is 80.6 Å². The number of aromatic amines is 1. The SMILES string of the molecule is O=c1[nH]ccn(C2C[C@@H]3C[C@@H]3C2)c1=O. The molecule has 2 fully saturated rings. The third-order valence-corrected chi connectivity index (χ3v) is 3.49. The first-order valence-corrected chi connectivity index (χ1v) is 5.05. The second-order valence-corrected chi connectivity index (χ2v) is 4.38. The summed E-state index contributed by atoms with van der Waals surface area (Å²) < 4.78 is 1.60. The van der Waals surface area contributed by atoms with Crippen LogP contribution in [0.1, 0.15) is 25.3 Å². The predicted octanol–water partition coefficient (Wildman–Crippen LogP) is 0.508. The Balaban J connectivity index is 2.00. The Bertz CT molecular complexity index is 464. The number of rotatable bonds is 1. The fourth-order valence-corrected chi connectivity index (χ4v) is 2.64. The standard InChI is InChI=1S/C10H12N2O2/c13-9-10(14)12(2-1-11-9)8-4-6-3-7(6)5-8/h1-2,6-8H,3-5H2,(H,11,13)/t6-,7+,8?. The number of hydrogen-bond donors (Lipinski definition) is 1. The van der Waals surface area contributed by atoms with E-state index in [0.29, 0.717) is 0 Å². The molecular formula is C10H12N2O2. The molecule has 14 heavy (non-hydrogen) atoms. The van der Waals surface area contributed by atoms with Crippen LogP contribution < -0.4 is 11.1 Å². The van der Waals surface area contributed by atoms with E-state index in [4.69, 9.17) is 0 Å². The number of hydrogen-bond acceptors (Lipinski definition) is 2. The summed E-state index contributed by atoms with van der Waals surface area (Å²) in [6.07, 6.45) is 6.73. The molecule has 2 saturated carbocycles. The largest absolute Gasteiger partial charge is 0.323 e. The molecule has 0 aliphatic heterocycles. The maximum Gasteiger partial charge on any atom is 0.316 e. The Morgan fingerprint density at radius 1 is 1.21 bits per heavy atom. The van der Waals surface area contributed by atoms with Crippen molar-refractivity contribution in [3.63, 3.8) is 0 Å². The van der Waals surface area contributed by atoms with Gasteiger partial charge in [-0.05, 0) is 31.1 Å². The summed E-state index contributed by atoms with van der Waals surface area (Å²) in [5.41, 5.74) is -0.910. The lowest BCUT2D eigenvalue weighted by atomic mass is 10.1. The van der Waals surface area contributed by atoms with Gasteiger partial charge in [-0.15, -0.1) is 0 Å². The van der Waals surface area contributed by atoms with Crippen molar-refractivity contribution in [2.45, 2.75) is 25.3 Å². The first-order chi connectivity index (χ1) is 6.75. The van der Waals surface area contributed by atoms with Gasteiger partial charge in [-0.25, -0.2) is 0 Å². The van der Waals surface area contributed by atoms with Gasteiger partial charge in [0.05, 0.1) is 0 Å². The van der Waals surface area contributed by atoms with Gasteiger partial charge in [0.2, 0.25) is 0 Å². The van der Waals surface area contributed by atoms with E-state index in [2.05, 4.69) is 4.98 Å². The van der Waals surface area contributed by atoms with Crippen molar-refractivity contribution >= 4 is 0 Å². The molecule has 0 bridgehead atoms. The average molecular weight is 192 g/mol. The molecule has 2 aliphatic rings. The van der Waals surface area contributed by atoms with E-state index in [1.165, 1.54) is 6.42 Å². The van der Waals surface area contributed by atoms with Crippen molar-refractivity contribution in [3.8, 4) is 0 Å². The fraction of sp³-hybridized carbons (Fsp3) is 0.600. The summed E-state index contributed by atoms with van der Waals surface area (Å²) in [5, 5.41) is 0. The zero-order valence-corrected chi connectivity index (χ0v) is 7.77. The van der Waals surface area contributed by atoms with Crippen LogP contribution in [0.15, 0.2) is 22.0 Å². The summed E-state index contributed by atoms with van der Waals surface area (Å²) in [7, 11) is 0. The minimum atomic E-state index is -0.506. The van der Waals surface area contributed by atoms with Gasteiger partial charge in [0, 0.05) is 18.4 Å². The molecule has 0 spiro atoms. The summed E-state index contributed by atoms with van der Waals surface area (Å²) in [4.78, 5) is 25.0. The van der Waals surface area contributed by atoms with Gasteiger partial charge in [-0.3, -0.25) is 9.59 Å². The van der Waals surface area contributed by atoms with Crippen molar-refractivity contribution in [1.82, 2.24) is 9.55 Å². The first kappa shape index (κ1) is 8.03. The average Bonchev–Trinajstić information content (AvgIpc) is 2.78. The lowest BCUT2D eigenvalue weighted by Gasteiger charge is -2.13. The zero-order valence-electron chi connectivity index (χ0n) is 7.77. The summed E-state index contributed by atoms with van der Waals surface area (Å²) in [6, 6.07) is 0.272. The van der Waals surface area contributed by atoms with Crippen LogP contribution in [0.3, 0.4) is 0 Å². The molecule has 1 heterocycles. The molecule has 3 rings (SSSR count). The third-order valence-electron chi connectivity index (χ3n) is 3.49. The van der Waals surface area contributed by atoms with E-state index in [1.807, 2.05) is 0 Å². The van der Waals surface area contributed by atoms with Crippen molar-refractivity contribution in [2.75, 3.05) is 0 Å². The van der Waals surface area contributed by atoms with Gasteiger partial charge in [0.1, 0.15) is 0 Å². The molecule has 2 aliphatic carbocycles. The van der Waals surface area contributed by atoms with Gasteiger partial charge >= 0.3 is 11.1 Å². The van der Waals surface area contributed by atoms with Crippen LogP contribution >= 0.6 is 0 Å². The molecule has 1 aromatic heterocycles. The Morgan fingerprint density at radius 3 is 2.64 bits per heavy atom. The minimum Gasteiger partial charge on any atom is -0.323 e. The van der Waals surface area contributed by atoms with Crippen LogP contribution in [0.2, 0.25) is 0 Å². The Morgan fingerprint density at radius 2 is 1.93 bits per heavy atom. The molecule has 3 atom stereocenters. The second kappa shape index (κ2) is 2.59. The Kier molecular flexibility index (Phi) is 1.48. The smallest absolute Gasteiger partial charge is 0.316 e. The van der Waals surface area contributed by atoms with Crippen LogP contribution in [0.25, 0.3) is 0 Å². The fourth-order valence-electron chi connectivity index (χ4n) is 2.64. The number of nitrogens with one attached hydrogen (secondary N) is 1. The highest BCUT2D eigenvalue weighted by Gasteiger charge is 2.46. The van der Waals surface area contributed by atoms with Crippen LogP contribution in [0.4, 0.5) is 0 Å². The van der Waals surface area contributed by atoms with Crippen LogP contribution in [-0.2, 0) is 0 Å². The lowest BCUT2D eigenvalue weighted by molar-refractivity contribution is 0.451.